The number of ether oxygens (including phenoxy) is 1. The topological polar surface area (TPSA) is 56.2 Å². The van der Waals surface area contributed by atoms with Gasteiger partial charge in [0, 0.05) is 6.04 Å². The highest BCUT2D eigenvalue weighted by Gasteiger charge is 2.19. The molecule has 0 aliphatic rings. The van der Waals surface area contributed by atoms with Crippen LogP contribution in [0.5, 0.6) is 5.75 Å². The lowest BCUT2D eigenvalue weighted by molar-refractivity contribution is 0.0928. The molecule has 0 saturated carbocycles. The molecule has 1 amide bonds. The molecular formula is C18H25N3O2. The summed E-state index contributed by atoms with van der Waals surface area (Å²) in [6.45, 7) is 6.37. The summed E-state index contributed by atoms with van der Waals surface area (Å²) in [5.74, 6) is 0.899. The first kappa shape index (κ1) is 17.1. The van der Waals surface area contributed by atoms with E-state index in [1.54, 1.807) is 18.0 Å². The van der Waals surface area contributed by atoms with Gasteiger partial charge >= 0.3 is 0 Å². The van der Waals surface area contributed by atoms with Gasteiger partial charge in [0.2, 0.25) is 0 Å². The van der Waals surface area contributed by atoms with Crippen molar-refractivity contribution in [1.82, 2.24) is 15.1 Å². The minimum absolute atomic E-state index is 0.108. The maximum absolute atomic E-state index is 12.5. The van der Waals surface area contributed by atoms with Crippen molar-refractivity contribution in [3.05, 3.63) is 42.2 Å². The van der Waals surface area contributed by atoms with E-state index in [9.17, 15) is 4.79 Å². The standard InChI is InChI=1S/C18H25N3O2/c1-13(2)10-11-14(3)19-18(22)17-16(23-4)12-21(20-17)15-8-6-5-7-9-15/h5-9,12-14H,10-11H2,1-4H3,(H,19,22)/t14-/m0/s1. The number of methoxy groups -OCH3 is 1. The van der Waals surface area contributed by atoms with Gasteiger partial charge in [-0.3, -0.25) is 4.79 Å². The van der Waals surface area contributed by atoms with Crippen LogP contribution < -0.4 is 10.1 Å². The number of carbonyl (C=O) groups excluding carboxylic acids is 1. The monoisotopic (exact) mass is 315 g/mol. The third-order valence-electron chi connectivity index (χ3n) is 3.69. The van der Waals surface area contributed by atoms with Crippen LogP contribution in [0.3, 0.4) is 0 Å². The van der Waals surface area contributed by atoms with Crippen LogP contribution in [0.2, 0.25) is 0 Å². The van der Waals surface area contributed by atoms with E-state index in [2.05, 4.69) is 24.3 Å². The summed E-state index contributed by atoms with van der Waals surface area (Å²) in [5.41, 5.74) is 1.20. The summed E-state index contributed by atoms with van der Waals surface area (Å²) in [4.78, 5) is 12.5. The first-order valence-corrected chi connectivity index (χ1v) is 8.01. The average molecular weight is 315 g/mol. The molecule has 0 spiro atoms. The molecular weight excluding hydrogens is 290 g/mol. The van der Waals surface area contributed by atoms with Crippen molar-refractivity contribution in [3.63, 3.8) is 0 Å². The van der Waals surface area contributed by atoms with Crippen LogP contribution in [0.15, 0.2) is 36.5 Å². The fourth-order valence-corrected chi connectivity index (χ4v) is 2.33. The third-order valence-corrected chi connectivity index (χ3v) is 3.69. The van der Waals surface area contributed by atoms with E-state index in [1.807, 2.05) is 37.3 Å². The minimum atomic E-state index is -0.201. The van der Waals surface area contributed by atoms with Gasteiger partial charge in [0.05, 0.1) is 19.0 Å². The lowest BCUT2D eigenvalue weighted by Crippen LogP contribution is -2.33. The molecule has 1 heterocycles. The Labute approximate surface area is 137 Å². The van der Waals surface area contributed by atoms with E-state index in [0.29, 0.717) is 17.4 Å². The normalized spacial score (nSPS) is 12.2. The summed E-state index contributed by atoms with van der Waals surface area (Å²) in [6.07, 6.45) is 3.76. The lowest BCUT2D eigenvalue weighted by Gasteiger charge is -2.14. The number of nitrogens with zero attached hydrogens (tertiary/aromatic N) is 2. The first-order valence-electron chi connectivity index (χ1n) is 8.01. The molecule has 2 aromatic rings. The van der Waals surface area contributed by atoms with Crippen molar-refractivity contribution >= 4 is 5.91 Å². The fourth-order valence-electron chi connectivity index (χ4n) is 2.33. The predicted molar refractivity (Wildman–Crippen MR) is 91.1 cm³/mol. The molecule has 1 aromatic carbocycles. The largest absolute Gasteiger partial charge is 0.493 e. The van der Waals surface area contributed by atoms with Gasteiger partial charge in [-0.2, -0.15) is 5.10 Å². The highest BCUT2D eigenvalue weighted by atomic mass is 16.5. The zero-order valence-corrected chi connectivity index (χ0v) is 14.2. The first-order chi connectivity index (χ1) is 11.0. The van der Waals surface area contributed by atoms with Gasteiger partial charge in [-0.15, -0.1) is 0 Å². The van der Waals surface area contributed by atoms with Gasteiger partial charge in [-0.05, 0) is 37.8 Å². The van der Waals surface area contributed by atoms with E-state index in [1.165, 1.54) is 0 Å². The molecule has 0 radical (unpaired) electrons. The predicted octanol–water partition coefficient (Wildman–Crippen LogP) is 3.44. The molecule has 0 fully saturated rings. The zero-order valence-electron chi connectivity index (χ0n) is 14.2. The molecule has 0 aliphatic heterocycles. The highest BCUT2D eigenvalue weighted by molar-refractivity contribution is 5.95. The van der Waals surface area contributed by atoms with Crippen LogP contribution in [0.1, 0.15) is 44.1 Å². The molecule has 2 rings (SSSR count). The summed E-state index contributed by atoms with van der Waals surface area (Å²) < 4.78 is 6.96. The summed E-state index contributed by atoms with van der Waals surface area (Å²) >= 11 is 0. The zero-order chi connectivity index (χ0) is 16.8. The van der Waals surface area contributed by atoms with Crippen molar-refractivity contribution in [3.8, 4) is 11.4 Å². The Morgan fingerprint density at radius 3 is 2.52 bits per heavy atom. The smallest absolute Gasteiger partial charge is 0.275 e. The van der Waals surface area contributed by atoms with E-state index >= 15 is 0 Å². The molecule has 5 heteroatoms. The molecule has 1 aromatic heterocycles. The number of para-hydroxylation sites is 1. The van der Waals surface area contributed by atoms with Gasteiger partial charge < -0.3 is 10.1 Å². The number of aromatic nitrogens is 2. The van der Waals surface area contributed by atoms with Gasteiger partial charge in [0.1, 0.15) is 0 Å². The van der Waals surface area contributed by atoms with Crippen molar-refractivity contribution in [2.24, 2.45) is 5.92 Å². The summed E-state index contributed by atoms with van der Waals surface area (Å²) in [6, 6.07) is 9.76. The maximum atomic E-state index is 12.5. The van der Waals surface area contributed by atoms with Gasteiger partial charge in [0.15, 0.2) is 11.4 Å². The Morgan fingerprint density at radius 1 is 1.22 bits per heavy atom. The molecule has 124 valence electrons. The van der Waals surface area contributed by atoms with Gasteiger partial charge in [0.25, 0.3) is 5.91 Å². The number of hydrogen-bond acceptors (Lipinski definition) is 3. The Balaban J connectivity index is 2.12. The van der Waals surface area contributed by atoms with E-state index < -0.39 is 0 Å². The van der Waals surface area contributed by atoms with Crippen LogP contribution >= 0.6 is 0 Å². The number of amides is 1. The van der Waals surface area contributed by atoms with Crippen molar-refractivity contribution in [2.45, 2.75) is 39.7 Å². The number of rotatable bonds is 7. The number of carbonyl (C=O) groups is 1. The fraction of sp³-hybridized carbons (Fsp3) is 0.444. The van der Waals surface area contributed by atoms with Crippen molar-refractivity contribution < 1.29 is 9.53 Å². The van der Waals surface area contributed by atoms with Crippen molar-refractivity contribution in [2.75, 3.05) is 7.11 Å². The molecule has 0 saturated heterocycles. The maximum Gasteiger partial charge on any atom is 0.275 e. The van der Waals surface area contributed by atoms with Crippen LogP contribution in [0.4, 0.5) is 0 Å². The SMILES string of the molecule is COc1cn(-c2ccccc2)nc1C(=O)N[C@@H](C)CCC(C)C. The molecule has 1 N–H and O–H groups in total. The Bertz CT molecular complexity index is 635. The van der Waals surface area contributed by atoms with E-state index in [-0.39, 0.29) is 11.9 Å². The molecule has 0 aliphatic carbocycles. The number of nitrogens with one attached hydrogen (secondary N) is 1. The number of benzene rings is 1. The Hall–Kier alpha value is -2.30. The second-order valence-electron chi connectivity index (χ2n) is 6.17. The summed E-state index contributed by atoms with van der Waals surface area (Å²) in [5, 5.41) is 7.38. The quantitative estimate of drug-likeness (QED) is 0.851. The summed E-state index contributed by atoms with van der Waals surface area (Å²) in [7, 11) is 1.55. The van der Waals surface area contributed by atoms with Crippen LogP contribution in [-0.4, -0.2) is 28.8 Å². The second kappa shape index (κ2) is 7.81. The Kier molecular flexibility index (Phi) is 5.79. The van der Waals surface area contributed by atoms with Crippen molar-refractivity contribution in [1.29, 1.82) is 0 Å². The average Bonchev–Trinajstić information content (AvgIpc) is 2.98. The second-order valence-corrected chi connectivity index (χ2v) is 6.17. The highest BCUT2D eigenvalue weighted by Crippen LogP contribution is 2.19. The van der Waals surface area contributed by atoms with Gasteiger partial charge in [-0.1, -0.05) is 32.0 Å². The lowest BCUT2D eigenvalue weighted by atomic mass is 10.0. The molecule has 23 heavy (non-hydrogen) atoms. The minimum Gasteiger partial charge on any atom is -0.493 e. The van der Waals surface area contributed by atoms with Crippen LogP contribution in [0.25, 0.3) is 5.69 Å². The van der Waals surface area contributed by atoms with Crippen LogP contribution in [-0.2, 0) is 0 Å². The Morgan fingerprint density at radius 2 is 1.91 bits per heavy atom. The third kappa shape index (κ3) is 4.58. The van der Waals surface area contributed by atoms with Gasteiger partial charge in [-0.25, -0.2) is 4.68 Å². The molecule has 1 atom stereocenters. The van der Waals surface area contributed by atoms with E-state index in [0.717, 1.165) is 18.5 Å². The molecule has 5 nitrogen and oxygen atoms in total. The van der Waals surface area contributed by atoms with E-state index in [4.69, 9.17) is 4.74 Å². The molecule has 0 unspecified atom stereocenters. The number of hydrogen-bond donors (Lipinski definition) is 1. The molecule has 0 bridgehead atoms. The van der Waals surface area contributed by atoms with Crippen LogP contribution in [0, 0.1) is 5.92 Å².